The van der Waals surface area contributed by atoms with E-state index in [4.69, 9.17) is 4.74 Å². The number of nitrogens with one attached hydrogen (secondary N) is 2. The van der Waals surface area contributed by atoms with Crippen LogP contribution in [0.2, 0.25) is 0 Å². The standard InChI is InChI=1S/C16H22FN3O2.C7H8O/c1-12(21)19-15(5-8-20-9-6-18-7-10-20)16(22)13-3-2-4-14(17)11-13;1-8-7-5-3-2-4-6-7/h2-4,11,15,18H,5-10H2,1H3,(H,19,21);2-6H,1H3. The average Bonchev–Trinajstić information content (AvgIpc) is 2.77. The van der Waals surface area contributed by atoms with E-state index in [0.29, 0.717) is 12.0 Å². The molecule has 1 aliphatic rings. The number of benzene rings is 2. The molecule has 0 saturated carbocycles. The number of amides is 1. The molecule has 1 unspecified atom stereocenters. The fourth-order valence-electron chi connectivity index (χ4n) is 3.16. The second-order valence-corrected chi connectivity index (χ2v) is 7.03. The van der Waals surface area contributed by atoms with Crippen molar-refractivity contribution >= 4 is 11.7 Å². The molecule has 0 spiro atoms. The quantitative estimate of drug-likeness (QED) is 0.680. The summed E-state index contributed by atoms with van der Waals surface area (Å²) in [6.07, 6.45) is 0.523. The molecule has 0 aliphatic carbocycles. The number of nitrogens with zero attached hydrogens (tertiary/aromatic N) is 1. The van der Waals surface area contributed by atoms with Gasteiger partial charge in [-0.05, 0) is 30.7 Å². The highest BCUT2D eigenvalue weighted by molar-refractivity contribution is 6.01. The van der Waals surface area contributed by atoms with Crippen LogP contribution in [0, 0.1) is 5.82 Å². The average molecular weight is 416 g/mol. The largest absolute Gasteiger partial charge is 0.497 e. The fraction of sp³-hybridized carbons (Fsp3) is 0.391. The van der Waals surface area contributed by atoms with E-state index in [0.717, 1.165) is 38.5 Å². The van der Waals surface area contributed by atoms with Crippen LogP contribution < -0.4 is 15.4 Å². The number of ether oxygens (including phenoxy) is 1. The number of para-hydroxylation sites is 1. The molecule has 0 aromatic heterocycles. The van der Waals surface area contributed by atoms with Gasteiger partial charge in [-0.2, -0.15) is 0 Å². The number of hydrogen-bond acceptors (Lipinski definition) is 5. The van der Waals surface area contributed by atoms with E-state index >= 15 is 0 Å². The number of halogens is 1. The van der Waals surface area contributed by atoms with Crippen LogP contribution in [-0.4, -0.2) is 62.5 Å². The maximum Gasteiger partial charge on any atom is 0.217 e. The van der Waals surface area contributed by atoms with E-state index in [-0.39, 0.29) is 11.7 Å². The number of rotatable bonds is 7. The van der Waals surface area contributed by atoms with Crippen molar-refractivity contribution in [3.63, 3.8) is 0 Å². The third-order valence-corrected chi connectivity index (χ3v) is 4.73. The Balaban J connectivity index is 0.000000335. The van der Waals surface area contributed by atoms with Crippen molar-refractivity contribution in [2.24, 2.45) is 0 Å². The molecule has 1 aliphatic heterocycles. The summed E-state index contributed by atoms with van der Waals surface area (Å²) in [5.41, 5.74) is 0.291. The van der Waals surface area contributed by atoms with Gasteiger partial charge in [0.05, 0.1) is 13.2 Å². The van der Waals surface area contributed by atoms with Gasteiger partial charge < -0.3 is 20.3 Å². The first-order valence-corrected chi connectivity index (χ1v) is 10.1. The van der Waals surface area contributed by atoms with Crippen LogP contribution in [0.1, 0.15) is 23.7 Å². The molecule has 1 heterocycles. The lowest BCUT2D eigenvalue weighted by atomic mass is 10.0. The van der Waals surface area contributed by atoms with E-state index in [9.17, 15) is 14.0 Å². The maximum absolute atomic E-state index is 13.3. The molecule has 1 fully saturated rings. The lowest BCUT2D eigenvalue weighted by Gasteiger charge is -2.28. The van der Waals surface area contributed by atoms with Crippen molar-refractivity contribution < 1.29 is 18.7 Å². The molecule has 0 bridgehead atoms. The molecule has 1 amide bonds. The van der Waals surface area contributed by atoms with Crippen molar-refractivity contribution in [3.05, 3.63) is 66.0 Å². The fourth-order valence-corrected chi connectivity index (χ4v) is 3.16. The van der Waals surface area contributed by atoms with Gasteiger partial charge >= 0.3 is 0 Å². The molecule has 30 heavy (non-hydrogen) atoms. The number of Topliss-reactive ketones (excluding diaryl/α,β-unsaturated/α-hetero) is 1. The second kappa shape index (κ2) is 12.7. The van der Waals surface area contributed by atoms with Crippen LogP contribution in [0.3, 0.4) is 0 Å². The number of ketones is 1. The Morgan fingerprint density at radius 1 is 1.13 bits per heavy atom. The summed E-state index contributed by atoms with van der Waals surface area (Å²) in [4.78, 5) is 26.1. The maximum atomic E-state index is 13.3. The lowest BCUT2D eigenvalue weighted by Crippen LogP contribution is -2.47. The predicted molar refractivity (Wildman–Crippen MR) is 115 cm³/mol. The SMILES string of the molecule is CC(=O)NC(CCN1CCNCC1)C(=O)c1cccc(F)c1.COc1ccccc1. The van der Waals surface area contributed by atoms with Crippen molar-refractivity contribution in [2.45, 2.75) is 19.4 Å². The van der Waals surface area contributed by atoms with Crippen molar-refractivity contribution in [1.29, 1.82) is 0 Å². The number of methoxy groups -OCH3 is 1. The Morgan fingerprint density at radius 3 is 2.40 bits per heavy atom. The van der Waals surface area contributed by atoms with Gasteiger partial charge in [-0.1, -0.05) is 30.3 Å². The summed E-state index contributed by atoms with van der Waals surface area (Å²) in [6.45, 7) is 5.84. The highest BCUT2D eigenvalue weighted by atomic mass is 19.1. The molecule has 1 atom stereocenters. The zero-order chi connectivity index (χ0) is 21.8. The first-order chi connectivity index (χ1) is 14.5. The molecule has 7 heteroatoms. The third-order valence-electron chi connectivity index (χ3n) is 4.73. The molecule has 3 rings (SSSR count). The predicted octanol–water partition coefficient (Wildman–Crippen LogP) is 2.50. The minimum absolute atomic E-state index is 0.246. The van der Waals surface area contributed by atoms with Crippen LogP contribution in [0.5, 0.6) is 5.75 Å². The minimum Gasteiger partial charge on any atom is -0.497 e. The van der Waals surface area contributed by atoms with E-state index in [2.05, 4.69) is 15.5 Å². The van der Waals surface area contributed by atoms with Crippen molar-refractivity contribution in [3.8, 4) is 5.75 Å². The molecule has 0 radical (unpaired) electrons. The molecule has 1 saturated heterocycles. The van der Waals surface area contributed by atoms with Crippen LogP contribution >= 0.6 is 0 Å². The second-order valence-electron chi connectivity index (χ2n) is 7.03. The van der Waals surface area contributed by atoms with Crippen LogP contribution in [0.25, 0.3) is 0 Å². The summed E-state index contributed by atoms with van der Waals surface area (Å²) < 4.78 is 18.2. The Hall–Kier alpha value is -2.77. The number of piperazine rings is 1. The van der Waals surface area contributed by atoms with Crippen molar-refractivity contribution in [2.75, 3.05) is 39.8 Å². The highest BCUT2D eigenvalue weighted by Gasteiger charge is 2.22. The van der Waals surface area contributed by atoms with Gasteiger partial charge in [0, 0.05) is 45.2 Å². The zero-order valence-corrected chi connectivity index (χ0v) is 17.6. The molecule has 2 aromatic rings. The normalized spacial score (nSPS) is 14.8. The summed E-state index contributed by atoms with van der Waals surface area (Å²) >= 11 is 0. The molecule has 162 valence electrons. The first kappa shape index (κ1) is 23.5. The van der Waals surface area contributed by atoms with Gasteiger partial charge in [-0.15, -0.1) is 0 Å². The molecular weight excluding hydrogens is 385 g/mol. The van der Waals surface area contributed by atoms with Gasteiger partial charge in [0.15, 0.2) is 5.78 Å². The Bertz CT molecular complexity index is 795. The monoisotopic (exact) mass is 415 g/mol. The highest BCUT2D eigenvalue weighted by Crippen LogP contribution is 2.10. The van der Waals surface area contributed by atoms with Crippen molar-refractivity contribution in [1.82, 2.24) is 15.5 Å². The molecule has 6 nitrogen and oxygen atoms in total. The summed E-state index contributed by atoms with van der Waals surface area (Å²) in [5, 5.41) is 5.95. The van der Waals surface area contributed by atoms with E-state index in [1.165, 1.54) is 25.1 Å². The van der Waals surface area contributed by atoms with Gasteiger partial charge in [0.2, 0.25) is 5.91 Å². The van der Waals surface area contributed by atoms with Crippen LogP contribution in [0.15, 0.2) is 54.6 Å². The Morgan fingerprint density at radius 2 is 1.83 bits per heavy atom. The molecule has 2 aromatic carbocycles. The molecular formula is C23H30FN3O3. The van der Waals surface area contributed by atoms with Crippen LogP contribution in [-0.2, 0) is 4.79 Å². The molecule has 2 N–H and O–H groups in total. The lowest BCUT2D eigenvalue weighted by molar-refractivity contribution is -0.119. The topological polar surface area (TPSA) is 70.7 Å². The third kappa shape index (κ3) is 8.31. The van der Waals surface area contributed by atoms with Gasteiger partial charge in [-0.25, -0.2) is 4.39 Å². The Labute approximate surface area is 177 Å². The van der Waals surface area contributed by atoms with E-state index in [1.807, 2.05) is 30.3 Å². The number of carbonyl (C=O) groups excluding carboxylic acids is 2. The number of hydrogen-bond donors (Lipinski definition) is 2. The van der Waals surface area contributed by atoms with E-state index < -0.39 is 11.9 Å². The smallest absolute Gasteiger partial charge is 0.217 e. The van der Waals surface area contributed by atoms with Crippen LogP contribution in [0.4, 0.5) is 4.39 Å². The van der Waals surface area contributed by atoms with Gasteiger partial charge in [0.25, 0.3) is 0 Å². The summed E-state index contributed by atoms with van der Waals surface area (Å²) in [6, 6.07) is 14.6. The van der Waals surface area contributed by atoms with Gasteiger partial charge in [-0.3, -0.25) is 9.59 Å². The summed E-state index contributed by atoms with van der Waals surface area (Å²) in [7, 11) is 1.66. The van der Waals surface area contributed by atoms with E-state index in [1.54, 1.807) is 13.2 Å². The number of carbonyl (C=O) groups is 2. The summed E-state index contributed by atoms with van der Waals surface area (Å²) in [5.74, 6) is -0.0399. The minimum atomic E-state index is -0.616. The zero-order valence-electron chi connectivity index (χ0n) is 17.6. The Kier molecular flexibility index (Phi) is 9.97. The first-order valence-electron chi connectivity index (χ1n) is 10.1. The van der Waals surface area contributed by atoms with Gasteiger partial charge in [0.1, 0.15) is 11.6 Å².